The van der Waals surface area contributed by atoms with Crippen molar-refractivity contribution in [3.63, 3.8) is 0 Å². The summed E-state index contributed by atoms with van der Waals surface area (Å²) in [5, 5.41) is 9.24. The summed E-state index contributed by atoms with van der Waals surface area (Å²) in [6.07, 6.45) is 0. The summed E-state index contributed by atoms with van der Waals surface area (Å²) in [7, 11) is -0.590. The Balaban J connectivity index is 2.78. The first kappa shape index (κ1) is 17.9. The highest BCUT2D eigenvalue weighted by atomic mass is 32.2. The molecule has 0 radical (unpaired) electrons. The van der Waals surface area contributed by atoms with Crippen molar-refractivity contribution >= 4 is 10.2 Å². The Morgan fingerprint density at radius 1 is 1.38 bits per heavy atom. The largest absolute Gasteiger partial charge is 0.497 e. The minimum atomic E-state index is -3.65. The molecule has 0 aliphatic rings. The summed E-state index contributed by atoms with van der Waals surface area (Å²) in [5.41, 5.74) is 0.826. The molecule has 0 spiro atoms. The zero-order chi connectivity index (χ0) is 16.0. The summed E-state index contributed by atoms with van der Waals surface area (Å²) in [6, 6.07) is 6.74. The van der Waals surface area contributed by atoms with Crippen LogP contribution in [0.15, 0.2) is 24.3 Å². The van der Waals surface area contributed by atoms with Crippen molar-refractivity contribution in [3.8, 4) is 5.75 Å². The molecule has 2 N–H and O–H groups in total. The van der Waals surface area contributed by atoms with E-state index in [-0.39, 0.29) is 19.1 Å². The molecule has 0 amide bonds. The molecule has 1 rings (SSSR count). The van der Waals surface area contributed by atoms with Crippen LogP contribution in [-0.4, -0.2) is 44.6 Å². The van der Waals surface area contributed by atoms with Crippen LogP contribution in [0.25, 0.3) is 0 Å². The molecule has 0 fully saturated rings. The highest BCUT2D eigenvalue weighted by Gasteiger charge is 2.24. The van der Waals surface area contributed by atoms with Crippen molar-refractivity contribution in [2.75, 3.05) is 20.8 Å². The monoisotopic (exact) mass is 316 g/mol. The van der Waals surface area contributed by atoms with Crippen molar-refractivity contribution in [3.05, 3.63) is 29.8 Å². The zero-order valence-corrected chi connectivity index (χ0v) is 13.7. The Morgan fingerprint density at radius 2 is 2.05 bits per heavy atom. The van der Waals surface area contributed by atoms with Crippen LogP contribution in [0.3, 0.4) is 0 Å². The molecule has 0 aliphatic carbocycles. The van der Waals surface area contributed by atoms with Crippen LogP contribution in [-0.2, 0) is 16.8 Å². The minimum absolute atomic E-state index is 0.00925. The molecule has 1 unspecified atom stereocenters. The van der Waals surface area contributed by atoms with Gasteiger partial charge >= 0.3 is 0 Å². The Morgan fingerprint density at radius 3 is 2.57 bits per heavy atom. The zero-order valence-electron chi connectivity index (χ0n) is 12.9. The van der Waals surface area contributed by atoms with Gasteiger partial charge in [-0.05, 0) is 23.6 Å². The lowest BCUT2D eigenvalue weighted by atomic mass is 10.1. The lowest BCUT2D eigenvalue weighted by Crippen LogP contribution is -2.47. The molecule has 1 aromatic carbocycles. The van der Waals surface area contributed by atoms with Crippen LogP contribution in [0.2, 0.25) is 0 Å². The Hall–Kier alpha value is -1.15. The first-order valence-electron chi connectivity index (χ1n) is 6.77. The normalized spacial score (nSPS) is 13.7. The molecule has 0 heterocycles. The Kier molecular flexibility index (Phi) is 6.60. The maximum atomic E-state index is 12.2. The van der Waals surface area contributed by atoms with Crippen molar-refractivity contribution in [1.82, 2.24) is 9.03 Å². The number of nitrogens with one attached hydrogen (secondary N) is 1. The first-order chi connectivity index (χ1) is 9.80. The van der Waals surface area contributed by atoms with Gasteiger partial charge in [-0.2, -0.15) is 17.4 Å². The van der Waals surface area contributed by atoms with Crippen LogP contribution in [0.4, 0.5) is 0 Å². The van der Waals surface area contributed by atoms with Crippen LogP contribution in [0.1, 0.15) is 19.4 Å². The van der Waals surface area contributed by atoms with E-state index in [1.165, 1.54) is 11.4 Å². The number of nitrogens with zero attached hydrogens (tertiary/aromatic N) is 1. The van der Waals surface area contributed by atoms with E-state index >= 15 is 0 Å². The van der Waals surface area contributed by atoms with E-state index in [1.54, 1.807) is 19.2 Å². The molecular formula is C14H24N2O4S. The molecule has 1 aromatic rings. The highest BCUT2D eigenvalue weighted by Crippen LogP contribution is 2.15. The number of hydrogen-bond donors (Lipinski definition) is 2. The summed E-state index contributed by atoms with van der Waals surface area (Å²) in [6.45, 7) is 3.70. The fourth-order valence-corrected chi connectivity index (χ4v) is 3.01. The molecule has 120 valence electrons. The van der Waals surface area contributed by atoms with Gasteiger partial charge in [0.2, 0.25) is 0 Å². The van der Waals surface area contributed by atoms with E-state index in [1.807, 2.05) is 26.0 Å². The summed E-state index contributed by atoms with van der Waals surface area (Å²) < 4.78 is 33.3. The van der Waals surface area contributed by atoms with Gasteiger partial charge in [-0.3, -0.25) is 0 Å². The second-order valence-electron chi connectivity index (χ2n) is 5.26. The number of hydrogen-bond acceptors (Lipinski definition) is 4. The molecule has 0 saturated carbocycles. The third kappa shape index (κ3) is 5.28. The predicted octanol–water partition coefficient (Wildman–Crippen LogP) is 0.978. The van der Waals surface area contributed by atoms with Crippen LogP contribution in [0, 0.1) is 5.92 Å². The molecule has 0 aromatic heterocycles. The highest BCUT2D eigenvalue weighted by molar-refractivity contribution is 7.87. The van der Waals surface area contributed by atoms with Crippen molar-refractivity contribution < 1.29 is 18.3 Å². The third-order valence-electron chi connectivity index (χ3n) is 3.25. The number of rotatable bonds is 8. The summed E-state index contributed by atoms with van der Waals surface area (Å²) >= 11 is 0. The van der Waals surface area contributed by atoms with Crippen LogP contribution in [0.5, 0.6) is 5.75 Å². The van der Waals surface area contributed by atoms with Gasteiger partial charge in [0.15, 0.2) is 0 Å². The van der Waals surface area contributed by atoms with E-state index in [0.29, 0.717) is 5.75 Å². The maximum Gasteiger partial charge on any atom is 0.279 e. The summed E-state index contributed by atoms with van der Waals surface area (Å²) in [4.78, 5) is 0. The van der Waals surface area contributed by atoms with Crippen molar-refractivity contribution in [2.24, 2.45) is 5.92 Å². The van der Waals surface area contributed by atoms with Crippen molar-refractivity contribution in [1.29, 1.82) is 0 Å². The number of ether oxygens (including phenoxy) is 1. The summed E-state index contributed by atoms with van der Waals surface area (Å²) in [5.74, 6) is 0.691. The van der Waals surface area contributed by atoms with Gasteiger partial charge in [-0.15, -0.1) is 0 Å². The molecule has 0 bridgehead atoms. The van der Waals surface area contributed by atoms with Crippen molar-refractivity contribution in [2.45, 2.75) is 26.4 Å². The molecule has 7 heteroatoms. The number of benzene rings is 1. The molecule has 0 aliphatic heterocycles. The topological polar surface area (TPSA) is 78.9 Å². The van der Waals surface area contributed by atoms with Gasteiger partial charge in [0.1, 0.15) is 5.75 Å². The molecule has 0 saturated heterocycles. The fourth-order valence-electron chi connectivity index (χ4n) is 1.78. The number of aliphatic hydroxyl groups excluding tert-OH is 1. The fraction of sp³-hybridized carbons (Fsp3) is 0.571. The maximum absolute atomic E-state index is 12.2. The number of methoxy groups -OCH3 is 1. The standard InChI is InChI=1S/C14H24N2O4S/c1-11(2)14(10-17)15-21(18,19)16(3)9-12-6-5-7-13(8-12)20-4/h5-8,11,14-15,17H,9-10H2,1-4H3. The second-order valence-corrected chi connectivity index (χ2v) is 7.07. The van der Waals surface area contributed by atoms with Gasteiger partial charge in [0.25, 0.3) is 10.2 Å². The van der Waals surface area contributed by atoms with E-state index in [4.69, 9.17) is 4.74 Å². The van der Waals surface area contributed by atoms with E-state index < -0.39 is 16.3 Å². The van der Waals surface area contributed by atoms with E-state index in [9.17, 15) is 13.5 Å². The smallest absolute Gasteiger partial charge is 0.279 e. The third-order valence-corrected chi connectivity index (χ3v) is 4.80. The molecule has 1 atom stereocenters. The Labute approximate surface area is 126 Å². The predicted molar refractivity (Wildman–Crippen MR) is 82.2 cm³/mol. The van der Waals surface area contributed by atoms with Crippen LogP contribution < -0.4 is 9.46 Å². The average Bonchev–Trinajstić information content (AvgIpc) is 2.44. The van der Waals surface area contributed by atoms with E-state index in [2.05, 4.69) is 4.72 Å². The van der Waals surface area contributed by atoms with Crippen LogP contribution >= 0.6 is 0 Å². The lowest BCUT2D eigenvalue weighted by Gasteiger charge is -2.24. The van der Waals surface area contributed by atoms with Gasteiger partial charge < -0.3 is 9.84 Å². The first-order valence-corrected chi connectivity index (χ1v) is 8.21. The minimum Gasteiger partial charge on any atom is -0.497 e. The van der Waals surface area contributed by atoms with E-state index in [0.717, 1.165) is 5.56 Å². The van der Waals surface area contributed by atoms with Gasteiger partial charge in [0, 0.05) is 19.6 Å². The van der Waals surface area contributed by atoms with Gasteiger partial charge in [-0.25, -0.2) is 0 Å². The molecular weight excluding hydrogens is 292 g/mol. The quantitative estimate of drug-likeness (QED) is 0.749. The van der Waals surface area contributed by atoms with Gasteiger partial charge in [0.05, 0.1) is 13.7 Å². The number of aliphatic hydroxyl groups is 1. The second kappa shape index (κ2) is 7.74. The lowest BCUT2D eigenvalue weighted by molar-refractivity contribution is 0.225. The molecule has 6 nitrogen and oxygen atoms in total. The average molecular weight is 316 g/mol. The SMILES string of the molecule is COc1cccc(CN(C)S(=O)(=O)NC(CO)C(C)C)c1. The Bertz CT molecular complexity index is 546. The van der Waals surface area contributed by atoms with Gasteiger partial charge in [-0.1, -0.05) is 26.0 Å². The molecule has 21 heavy (non-hydrogen) atoms.